The number of rotatable bonds is 7. The number of halogens is 1. The minimum absolute atomic E-state index is 0. The van der Waals surface area contributed by atoms with Crippen LogP contribution in [0.4, 0.5) is 31.0 Å². The summed E-state index contributed by atoms with van der Waals surface area (Å²) in [5, 5.41) is 5.26. The van der Waals surface area contributed by atoms with E-state index in [-0.39, 0.29) is 44.8 Å². The number of carbonyl (C=O) groups is 4. The highest BCUT2D eigenvalue weighted by Gasteiger charge is 2.34. The molecule has 0 aliphatic carbocycles. The predicted molar refractivity (Wildman–Crippen MR) is 329 cm³/mol. The van der Waals surface area contributed by atoms with Gasteiger partial charge in [0.15, 0.2) is 23.0 Å². The van der Waals surface area contributed by atoms with Crippen LogP contribution in [-0.2, 0) is 23.8 Å². The van der Waals surface area contributed by atoms with Crippen LogP contribution in [0.2, 0.25) is 0 Å². The molecule has 0 aromatic heterocycles. The summed E-state index contributed by atoms with van der Waals surface area (Å²) >= 11 is 0. The first kappa shape index (κ1) is 5.39. The second-order valence-corrected chi connectivity index (χ2v) is 11.6. The number of anilines is 3. The normalized spacial score (nSPS) is 31.0. The molecule has 3 saturated heterocycles. The minimum atomic E-state index is -0.538. The van der Waals surface area contributed by atoms with Crippen LogP contribution in [0.25, 0.3) is 0 Å². The Morgan fingerprint density at radius 2 is 1.29 bits per heavy atom. The maximum absolute atomic E-state index is 14.4. The van der Waals surface area contributed by atoms with Gasteiger partial charge in [0, 0.05) is 248 Å². The quantitative estimate of drug-likeness (QED) is 0.183. The number of amides is 4. The van der Waals surface area contributed by atoms with Gasteiger partial charge in [-0.25, -0.2) is 14.0 Å². The summed E-state index contributed by atoms with van der Waals surface area (Å²) in [7, 11) is 0. The van der Waals surface area contributed by atoms with Crippen molar-refractivity contribution in [2.24, 2.45) is 0 Å². The number of benzene rings is 3. The van der Waals surface area contributed by atoms with Crippen molar-refractivity contribution in [1.82, 2.24) is 10.6 Å². The summed E-state index contributed by atoms with van der Waals surface area (Å²) in [6.45, 7) is 6.41. The van der Waals surface area contributed by atoms with Gasteiger partial charge in [-0.2, -0.15) is 0 Å². The summed E-state index contributed by atoms with van der Waals surface area (Å²) < 4.78 is 762. The van der Waals surface area contributed by atoms with Gasteiger partial charge in [0.05, 0.1) is 56.5 Å². The SMILES string of the molecule is CC(=O)NC[C@H]1CN(c2ccc(N3CCOCC3)c(F)c2)C(=O)O1.CC(=O)NC[C@H]1CN(c2ccc3c(c2)Oc2ccccc2O3)C(=O)O1.[3HH].[3H][3H].[3H][3H].[3H][3H].[3H][3H].[3H][3H].[3H][3H].[3H][3H].[3H][3H].[3H][3H].[3H][3H].[3H][3H].[3H][3H].[3H][3H].[3H][3H].[3H][3H].[3H][3H].[3H][3H].[3H][3H].[3H][3H].[3H][3H].[3H][3H].[3H][3H].[3H][3H].[3H][3H].[3H][3H].[3H][3H].[3H][3H].[3H][3H].[3H][3H].[3H][3H].[3H][3H].[3H][3H].[3H][3H].[3H][3H].[3H][3H].[3H][3H].[3H][3H].[3H][3H].[3H][3H].[3H][3H].[3H][3H].[3H][3H].[3H][3H].[3H][3H].[3H][3H].[3H][3H].[3H][3H].[3H][3H].[3H][3H].[3H][3H].[3H][3H].[3H][3H].[3H][3H].[3H][3H].[3H][3H].[3H][3H].[3H][3H].[3H][3H].[3H][3H].[3H][3H].[3H][3H].[3H][3H].[3H][3H].[3H][3H].[3H][3H].[3H][3H].[3H][3H].[3H][3H].[3H][3H].[3H][3H].[3H][3H].[3H][3H]. The van der Waals surface area contributed by atoms with E-state index in [9.17, 15) is 23.6 Å². The summed E-state index contributed by atoms with van der Waals surface area (Å²) in [6, 6.07) is 17.4. The van der Waals surface area contributed by atoms with Gasteiger partial charge < -0.3 is 39.2 Å². The average molecular weight is 1120 g/mol. The summed E-state index contributed by atoms with van der Waals surface area (Å²) in [5.74, 6) is 1.67. The van der Waals surface area contributed by atoms with Crippen LogP contribution in [0.5, 0.6) is 23.0 Å². The molecule has 2 atom stereocenters. The predicted octanol–water partition coefficient (Wildman–Crippen LogP) is 22.1. The smallest absolute Gasteiger partial charge is 0.414 e. The standard InChI is InChI=1S/C18H16N2O5.C16H20FN3O4.73H2/c1-11(21)19-9-13-10-20(18(22)23-13)12-6-7-16-17(8-12)25-15-5-3-2-4-14(15)24-16;1-11(21)18-9-13-10-20(16(22)24-13)12-2-3-15(14(17)8-12)19-4-6-23-7-5-19;;;;;;;;;;;;;;;;;;;;;;;;;;;;;;;;;;;;;;;;;;;;;;;;;;;;;;;;;;;;;;;;;;;;;;;;;/h2-8,13H,9-10H2,1H3,(H,19,21);2-3,8,13H,4-7,9-10H2,1H3,(H,18,21);73*1H/t2*13-;;;;;;;;;;;;;;;;;;;;;;;;;;;;;;;;;;;;;;;;;;;;;;;;;;;;;;;;;;;;;;;;;;;;;;;;;/m00........................................................................./s1/i;;72*1+2T;1+2. The van der Waals surface area contributed by atoms with Gasteiger partial charge in [0.2, 0.25) is 11.8 Å². The molecule has 7 rings (SSSR count). The zero-order valence-electron chi connectivity index (χ0n) is 171. The molecule has 14 nitrogen and oxygen atoms in total. The first-order valence-electron chi connectivity index (χ1n) is 87.8. The molecule has 3 aromatic carbocycles. The second kappa shape index (κ2) is 14.7. The molecular formula is C34H182FN5O9. The third kappa shape index (κ3) is 7.95. The molecule has 4 heterocycles. The van der Waals surface area contributed by atoms with E-state index in [0.717, 1.165) is 0 Å². The first-order valence-corrected chi connectivity index (χ1v) is 15.8. The molecule has 404 valence electrons. The number of hydrogen-bond acceptors (Lipinski definition) is 10. The molecule has 0 unspecified atom stereocenters. The van der Waals surface area contributed by atoms with Crippen LogP contribution in [0.1, 0.15) is 229 Å². The summed E-state index contributed by atoms with van der Waals surface area (Å²) in [6.07, 6.45) is -1.81. The Labute approximate surface area is 505 Å². The van der Waals surface area contributed by atoms with Gasteiger partial charge >= 0.3 is 12.2 Å². The number of fused-ring (bicyclic) bond motifs is 2. The van der Waals surface area contributed by atoms with Crippen molar-refractivity contribution in [3.63, 3.8) is 0 Å². The highest BCUT2D eigenvalue weighted by Crippen LogP contribution is 2.46. The van der Waals surface area contributed by atoms with Gasteiger partial charge in [-0.15, -0.1) is 0 Å². The lowest BCUT2D eigenvalue weighted by Crippen LogP contribution is -2.36. The molecule has 4 amide bonds. The van der Waals surface area contributed by atoms with Crippen molar-refractivity contribution in [1.29, 1.82) is 0 Å². The number of para-hydroxylation sites is 2. The molecule has 0 spiro atoms. The number of nitrogens with zero attached hydrogens (tertiary/aromatic N) is 3. The highest BCUT2D eigenvalue weighted by atomic mass is 19.1. The lowest BCUT2D eigenvalue weighted by atomic mass is 10.2. The van der Waals surface area contributed by atoms with Crippen molar-refractivity contribution in [2.45, 2.75) is 26.1 Å². The number of nitrogens with one attached hydrogen (secondary N) is 2. The molecule has 0 saturated carbocycles. The van der Waals surface area contributed by atoms with E-state index in [1.54, 1.807) is 30.3 Å². The number of ether oxygens (including phenoxy) is 5. The fraction of sp³-hybridized carbons (Fsp3) is 0.353. The van der Waals surface area contributed by atoms with Crippen LogP contribution in [0.15, 0.2) is 60.7 Å². The van der Waals surface area contributed by atoms with E-state index in [1.165, 1.54) is 29.7 Å². The minimum Gasteiger partial charge on any atom is -0.450 e. The zero-order chi connectivity index (χ0) is 178. The van der Waals surface area contributed by atoms with Crippen molar-refractivity contribution in [3.8, 4) is 23.0 Å². The van der Waals surface area contributed by atoms with Crippen LogP contribution < -0.4 is 34.8 Å². The number of morpholine rings is 1. The molecule has 0 radical (unpaired) electrons. The van der Waals surface area contributed by atoms with Gasteiger partial charge in [0.1, 0.15) is 18.0 Å². The highest BCUT2D eigenvalue weighted by molar-refractivity contribution is 5.91. The van der Waals surface area contributed by atoms with Crippen LogP contribution in [-0.4, -0.2) is 88.7 Å². The Balaban J connectivity index is -0.0000000132. The molecule has 3 fully saturated rings. The number of hydrogen-bond donors (Lipinski definition) is 2. The van der Waals surface area contributed by atoms with E-state index < -0.39 is 18.3 Å². The Kier molecular flexibility index (Phi) is 1.62. The third-order valence-corrected chi connectivity index (χ3v) is 8.03. The molecule has 4 aliphatic rings. The molecule has 0 bridgehead atoms. The van der Waals surface area contributed by atoms with E-state index in [1.807, 2.05) is 29.2 Å². The van der Waals surface area contributed by atoms with Crippen LogP contribution >= 0.6 is 0 Å². The summed E-state index contributed by atoms with van der Waals surface area (Å²) in [5.41, 5.74) is 1.60. The van der Waals surface area contributed by atoms with Crippen molar-refractivity contribution in [2.75, 3.05) is 67.2 Å². The van der Waals surface area contributed by atoms with Crippen molar-refractivity contribution < 1.29 is 262 Å². The number of carbonyl (C=O) groups excluding carboxylic acids is 4. The fourth-order valence-electron chi connectivity index (χ4n) is 5.60. The third-order valence-electron chi connectivity index (χ3n) is 8.03. The second-order valence-electron chi connectivity index (χ2n) is 11.6. The Hall–Kier alpha value is -5.57. The monoisotopic (exact) mass is 1120 g/mol. The van der Waals surface area contributed by atoms with Crippen LogP contribution in [0.3, 0.4) is 0 Å². The van der Waals surface area contributed by atoms with E-state index in [2.05, 4.69) is 10.6 Å². The van der Waals surface area contributed by atoms with Crippen molar-refractivity contribution >= 4 is 41.1 Å². The van der Waals surface area contributed by atoms with E-state index >= 15 is 0 Å². The first-order chi connectivity index (χ1) is 95.6. The molecule has 49 heavy (non-hydrogen) atoms. The molecule has 2 N–H and O–H groups in total. The summed E-state index contributed by atoms with van der Waals surface area (Å²) in [4.78, 5) is 50.8. The Bertz CT molecular complexity index is 1890. The molecule has 3 aromatic rings. The van der Waals surface area contributed by atoms with Crippen molar-refractivity contribution in [3.05, 3.63) is 66.5 Å². The van der Waals surface area contributed by atoms with Gasteiger partial charge in [-0.1, -0.05) is 12.1 Å². The molecule has 4 aliphatic heterocycles. The topological polar surface area (TPSA) is 148 Å². The number of cyclic esters (lactones) is 2. The lowest BCUT2D eigenvalue weighted by molar-refractivity contribution is -0.120. The van der Waals surface area contributed by atoms with Gasteiger partial charge in [-0.05, 0) is 42.5 Å². The Morgan fingerprint density at radius 1 is 0.776 bits per heavy atom. The molecule has 15 heteroatoms. The van der Waals surface area contributed by atoms with Gasteiger partial charge in [0.25, 0.3) is 0 Å². The Morgan fingerprint density at radius 3 is 1.84 bits per heavy atom. The van der Waals surface area contributed by atoms with Gasteiger partial charge in [-0.3, -0.25) is 19.4 Å². The maximum atomic E-state index is 14.4. The average Bonchev–Trinajstić information content (AvgIpc) is 1.50. The molecular weight excluding hydrogens is 641 g/mol. The fourth-order valence-corrected chi connectivity index (χ4v) is 5.60. The van der Waals surface area contributed by atoms with E-state index in [4.69, 9.17) is 237 Å². The largest absolute Gasteiger partial charge is 0.450 e. The van der Waals surface area contributed by atoms with E-state index in [0.29, 0.717) is 72.9 Å². The maximum Gasteiger partial charge on any atom is 0.414 e. The van der Waals surface area contributed by atoms with Crippen LogP contribution in [0, 0.1) is 5.82 Å². The zero-order valence-corrected chi connectivity index (χ0v) is 27.0. The lowest BCUT2D eigenvalue weighted by Gasteiger charge is -2.29.